The third kappa shape index (κ3) is 5.21. The summed E-state index contributed by atoms with van der Waals surface area (Å²) in [6, 6.07) is 22.8. The molecular formula is C27H25ClN4O. The van der Waals surface area contributed by atoms with E-state index in [0.29, 0.717) is 28.6 Å². The predicted molar refractivity (Wildman–Crippen MR) is 135 cm³/mol. The first-order valence-corrected chi connectivity index (χ1v) is 11.2. The van der Waals surface area contributed by atoms with Crippen LogP contribution in [0.15, 0.2) is 72.8 Å². The highest BCUT2D eigenvalue weighted by Gasteiger charge is 2.19. The number of hydrogen-bond donors (Lipinski definition) is 2. The summed E-state index contributed by atoms with van der Waals surface area (Å²) in [7, 11) is 0. The summed E-state index contributed by atoms with van der Waals surface area (Å²) >= 11 is 5.96. The van der Waals surface area contributed by atoms with Crippen LogP contribution in [0.2, 0.25) is 5.02 Å². The van der Waals surface area contributed by atoms with Crippen LogP contribution >= 0.6 is 11.6 Å². The summed E-state index contributed by atoms with van der Waals surface area (Å²) in [4.78, 5) is 22.7. The number of amides is 1. The van der Waals surface area contributed by atoms with Crippen molar-refractivity contribution in [3.8, 4) is 22.5 Å². The van der Waals surface area contributed by atoms with E-state index in [0.717, 1.165) is 33.6 Å². The molecule has 1 heterocycles. The number of nitrogen functional groups attached to an aromatic ring is 1. The molecular weight excluding hydrogens is 432 g/mol. The Kier molecular flexibility index (Phi) is 6.71. The molecule has 0 aliphatic heterocycles. The molecule has 0 unspecified atom stereocenters. The third-order valence-electron chi connectivity index (χ3n) is 5.39. The van der Waals surface area contributed by atoms with Crippen molar-refractivity contribution in [2.24, 2.45) is 0 Å². The normalized spacial score (nSPS) is 10.8. The van der Waals surface area contributed by atoms with E-state index >= 15 is 0 Å². The van der Waals surface area contributed by atoms with Gasteiger partial charge in [0, 0.05) is 21.8 Å². The number of hydrogen-bond acceptors (Lipinski definition) is 4. The first-order chi connectivity index (χ1) is 15.9. The molecule has 0 spiro atoms. The van der Waals surface area contributed by atoms with Gasteiger partial charge < -0.3 is 11.1 Å². The minimum Gasteiger partial charge on any atom is -0.399 e. The average Bonchev–Trinajstić information content (AvgIpc) is 2.81. The number of nitrogens with one attached hydrogen (secondary N) is 1. The summed E-state index contributed by atoms with van der Waals surface area (Å²) in [6.45, 7) is 4.04. The number of nitrogens with zero attached hydrogens (tertiary/aromatic N) is 2. The van der Waals surface area contributed by atoms with E-state index in [1.165, 1.54) is 0 Å². The zero-order valence-electron chi connectivity index (χ0n) is 18.6. The van der Waals surface area contributed by atoms with Gasteiger partial charge in [0.2, 0.25) is 5.91 Å². The van der Waals surface area contributed by atoms with Gasteiger partial charge in [0.05, 0.1) is 17.8 Å². The van der Waals surface area contributed by atoms with E-state index in [9.17, 15) is 4.79 Å². The van der Waals surface area contributed by atoms with Gasteiger partial charge in [-0.2, -0.15) is 0 Å². The van der Waals surface area contributed by atoms with E-state index in [1.54, 1.807) is 12.1 Å². The number of halogens is 1. The summed E-state index contributed by atoms with van der Waals surface area (Å²) in [5.74, 6) is 0.288. The number of carbonyl (C=O) groups excluding carboxylic acids is 1. The van der Waals surface area contributed by atoms with Gasteiger partial charge >= 0.3 is 0 Å². The van der Waals surface area contributed by atoms with Crippen LogP contribution in [0.1, 0.15) is 23.7 Å². The minimum absolute atomic E-state index is 0.165. The lowest BCUT2D eigenvalue weighted by molar-refractivity contribution is -0.115. The molecule has 3 aromatic carbocycles. The van der Waals surface area contributed by atoms with E-state index in [4.69, 9.17) is 27.3 Å². The summed E-state index contributed by atoms with van der Waals surface area (Å²) in [6.07, 6.45) is 0.884. The van der Waals surface area contributed by atoms with Crippen LogP contribution in [-0.4, -0.2) is 15.9 Å². The Morgan fingerprint density at radius 2 is 1.70 bits per heavy atom. The molecule has 0 saturated carbocycles. The molecule has 0 radical (unpaired) electrons. The van der Waals surface area contributed by atoms with Crippen LogP contribution in [0.4, 0.5) is 11.5 Å². The van der Waals surface area contributed by atoms with Crippen molar-refractivity contribution in [3.05, 3.63) is 94.6 Å². The molecule has 1 amide bonds. The van der Waals surface area contributed by atoms with E-state index in [-0.39, 0.29) is 12.3 Å². The molecule has 0 aliphatic rings. The molecule has 0 fully saturated rings. The van der Waals surface area contributed by atoms with Gasteiger partial charge in [0.15, 0.2) is 5.82 Å². The lowest BCUT2D eigenvalue weighted by Gasteiger charge is -2.16. The highest BCUT2D eigenvalue weighted by molar-refractivity contribution is 6.30. The molecule has 0 bridgehead atoms. The highest BCUT2D eigenvalue weighted by Crippen LogP contribution is 2.32. The predicted octanol–water partition coefficient (Wildman–Crippen LogP) is 6.10. The molecule has 4 rings (SSSR count). The first kappa shape index (κ1) is 22.5. The number of benzene rings is 3. The zero-order valence-corrected chi connectivity index (χ0v) is 19.4. The Bertz CT molecular complexity index is 1290. The second kappa shape index (κ2) is 9.84. The summed E-state index contributed by atoms with van der Waals surface area (Å²) in [5, 5.41) is 3.62. The second-order valence-electron chi connectivity index (χ2n) is 7.86. The fourth-order valence-corrected chi connectivity index (χ4v) is 3.86. The van der Waals surface area contributed by atoms with Gasteiger partial charge in [0.1, 0.15) is 5.69 Å². The van der Waals surface area contributed by atoms with Crippen LogP contribution in [-0.2, 0) is 17.6 Å². The quantitative estimate of drug-likeness (QED) is 0.343. The summed E-state index contributed by atoms with van der Waals surface area (Å²) < 4.78 is 0. The third-order valence-corrected chi connectivity index (χ3v) is 5.64. The van der Waals surface area contributed by atoms with Crippen molar-refractivity contribution >= 4 is 29.0 Å². The number of aromatic nitrogens is 2. The average molecular weight is 457 g/mol. The van der Waals surface area contributed by atoms with Crippen molar-refractivity contribution in [3.63, 3.8) is 0 Å². The molecule has 0 aliphatic carbocycles. The molecule has 1 aromatic heterocycles. The van der Waals surface area contributed by atoms with Crippen LogP contribution in [0.25, 0.3) is 22.5 Å². The van der Waals surface area contributed by atoms with Gasteiger partial charge in [-0.3, -0.25) is 4.79 Å². The molecule has 0 atom stereocenters. The number of aryl methyl sites for hydroxylation is 2. The van der Waals surface area contributed by atoms with Crippen LogP contribution in [0.5, 0.6) is 0 Å². The summed E-state index contributed by atoms with van der Waals surface area (Å²) in [5.41, 5.74) is 12.6. The van der Waals surface area contributed by atoms with Gasteiger partial charge in [-0.15, -0.1) is 0 Å². The maximum atomic E-state index is 12.9. The van der Waals surface area contributed by atoms with Gasteiger partial charge in [0.25, 0.3) is 0 Å². The number of nitrogens with two attached hydrogens (primary N) is 1. The van der Waals surface area contributed by atoms with Crippen molar-refractivity contribution in [1.82, 2.24) is 9.97 Å². The van der Waals surface area contributed by atoms with Crippen LogP contribution < -0.4 is 11.1 Å². The van der Waals surface area contributed by atoms with Crippen LogP contribution in [0, 0.1) is 6.92 Å². The van der Waals surface area contributed by atoms with Gasteiger partial charge in [-0.05, 0) is 48.7 Å². The Balaban J connectivity index is 1.77. The number of anilines is 2. The standard InChI is InChI=1S/C27H25ClN4O/c1-3-23-26(22-14-13-21(29)15-17(22)2)32-25(19-7-5-4-6-8-19)27(30-23)31-24(33)16-18-9-11-20(28)12-10-18/h4-15H,3,16,29H2,1-2H3,(H,30,31,33). The number of carbonyl (C=O) groups is 1. The Morgan fingerprint density at radius 3 is 2.36 bits per heavy atom. The lowest BCUT2D eigenvalue weighted by atomic mass is 10.0. The first-order valence-electron chi connectivity index (χ1n) is 10.8. The van der Waals surface area contributed by atoms with Crippen molar-refractivity contribution in [2.75, 3.05) is 11.1 Å². The smallest absolute Gasteiger partial charge is 0.230 e. The van der Waals surface area contributed by atoms with Gasteiger partial charge in [-0.25, -0.2) is 9.97 Å². The van der Waals surface area contributed by atoms with E-state index in [2.05, 4.69) is 5.32 Å². The van der Waals surface area contributed by atoms with E-state index < -0.39 is 0 Å². The molecule has 6 heteroatoms. The monoisotopic (exact) mass is 456 g/mol. The molecule has 0 saturated heterocycles. The van der Waals surface area contributed by atoms with Crippen molar-refractivity contribution in [2.45, 2.75) is 26.7 Å². The zero-order chi connectivity index (χ0) is 23.4. The van der Waals surface area contributed by atoms with Crippen molar-refractivity contribution < 1.29 is 4.79 Å². The molecule has 3 N–H and O–H groups in total. The Morgan fingerprint density at radius 1 is 0.970 bits per heavy atom. The molecule has 5 nitrogen and oxygen atoms in total. The fourth-order valence-electron chi connectivity index (χ4n) is 3.73. The molecule has 4 aromatic rings. The maximum Gasteiger partial charge on any atom is 0.230 e. The largest absolute Gasteiger partial charge is 0.399 e. The van der Waals surface area contributed by atoms with Gasteiger partial charge in [-0.1, -0.05) is 67.1 Å². The van der Waals surface area contributed by atoms with E-state index in [1.807, 2.05) is 74.5 Å². The molecule has 33 heavy (non-hydrogen) atoms. The SMILES string of the molecule is CCc1nc(NC(=O)Cc2ccc(Cl)cc2)c(-c2ccccc2)nc1-c1ccc(N)cc1C. The maximum absolute atomic E-state index is 12.9. The fraction of sp³-hybridized carbons (Fsp3) is 0.148. The molecule has 166 valence electrons. The minimum atomic E-state index is -0.165. The second-order valence-corrected chi connectivity index (χ2v) is 8.30. The highest BCUT2D eigenvalue weighted by atomic mass is 35.5. The van der Waals surface area contributed by atoms with Crippen LogP contribution in [0.3, 0.4) is 0 Å². The number of rotatable bonds is 6. The van der Waals surface area contributed by atoms with Crippen molar-refractivity contribution in [1.29, 1.82) is 0 Å². The lowest BCUT2D eigenvalue weighted by Crippen LogP contribution is -2.17. The Labute approximate surface area is 198 Å². The topological polar surface area (TPSA) is 80.9 Å². The Hall–Kier alpha value is -3.70.